The maximum Gasteiger partial charge on any atom is 0.253 e. The van der Waals surface area contributed by atoms with Gasteiger partial charge in [-0.1, -0.05) is 6.42 Å². The fraction of sp³-hybridized carbons (Fsp3) is 0.519. The van der Waals surface area contributed by atoms with Crippen molar-refractivity contribution in [3.63, 3.8) is 0 Å². The number of nitrogens with zero attached hydrogens (tertiary/aromatic N) is 2. The van der Waals surface area contributed by atoms with Crippen molar-refractivity contribution in [1.29, 1.82) is 0 Å². The van der Waals surface area contributed by atoms with Crippen LogP contribution in [0.15, 0.2) is 42.5 Å². The molecule has 3 fully saturated rings. The fourth-order valence-electron chi connectivity index (χ4n) is 5.51. The summed E-state index contributed by atoms with van der Waals surface area (Å²) < 4.78 is 12.7. The lowest BCUT2D eigenvalue weighted by molar-refractivity contribution is -0.231. The van der Waals surface area contributed by atoms with E-state index in [-0.39, 0.29) is 5.91 Å². The highest BCUT2D eigenvalue weighted by Crippen LogP contribution is 2.40. The van der Waals surface area contributed by atoms with Gasteiger partial charge in [-0.15, -0.1) is 0 Å². The summed E-state index contributed by atoms with van der Waals surface area (Å²) >= 11 is 0. The van der Waals surface area contributed by atoms with Crippen molar-refractivity contribution < 1.29 is 19.4 Å². The smallest absolute Gasteiger partial charge is 0.253 e. The minimum absolute atomic E-state index is 0.0290. The molecule has 1 atom stereocenters. The Labute approximate surface area is 200 Å². The van der Waals surface area contributed by atoms with Crippen molar-refractivity contribution in [2.45, 2.75) is 63.1 Å². The Morgan fingerprint density at radius 2 is 1.76 bits per heavy atom. The van der Waals surface area contributed by atoms with Crippen LogP contribution in [0.25, 0.3) is 0 Å². The molecule has 3 aliphatic heterocycles. The van der Waals surface area contributed by atoms with Crippen LogP contribution in [-0.2, 0) is 11.3 Å². The van der Waals surface area contributed by atoms with Crippen molar-refractivity contribution in [3.05, 3.63) is 53.6 Å². The van der Waals surface area contributed by atoms with E-state index in [1.807, 2.05) is 36.4 Å². The summed E-state index contributed by atoms with van der Waals surface area (Å²) in [5.74, 6) is 0.414. The van der Waals surface area contributed by atoms with Gasteiger partial charge in [-0.3, -0.25) is 9.69 Å². The molecule has 2 aromatic rings. The molecule has 2 saturated heterocycles. The van der Waals surface area contributed by atoms with E-state index in [0.29, 0.717) is 31.7 Å². The number of carbonyl (C=O) groups is 1. The summed E-state index contributed by atoms with van der Waals surface area (Å²) in [6, 6.07) is 14.4. The van der Waals surface area contributed by atoms with Crippen LogP contribution in [0, 0.1) is 0 Å². The van der Waals surface area contributed by atoms with Crippen molar-refractivity contribution in [1.82, 2.24) is 9.80 Å². The lowest BCUT2D eigenvalue weighted by Crippen LogP contribution is -2.54. The monoisotopic (exact) mass is 463 g/mol. The number of aliphatic hydroxyl groups is 1. The molecular weight excluding hydrogens is 430 g/mol. The summed E-state index contributed by atoms with van der Waals surface area (Å²) in [5.41, 5.74) is 3.57. The molecule has 1 saturated carbocycles. The predicted octanol–water partition coefficient (Wildman–Crippen LogP) is 3.89. The average molecular weight is 464 g/mol. The largest absolute Gasteiger partial charge is 0.462 e. The third kappa shape index (κ3) is 4.28. The molecule has 7 nitrogen and oxygen atoms in total. The van der Waals surface area contributed by atoms with Crippen molar-refractivity contribution in [2.75, 3.05) is 31.5 Å². The zero-order valence-corrected chi connectivity index (χ0v) is 19.5. The molecule has 0 unspecified atom stereocenters. The van der Waals surface area contributed by atoms with E-state index >= 15 is 0 Å². The number of carbonyl (C=O) groups excluding carboxylic acids is 1. The number of hydrogen-bond acceptors (Lipinski definition) is 6. The van der Waals surface area contributed by atoms with Crippen LogP contribution in [0.5, 0.6) is 5.75 Å². The number of anilines is 2. The number of benzene rings is 2. The fourth-order valence-corrected chi connectivity index (χ4v) is 5.51. The molecule has 0 radical (unpaired) electrons. The molecule has 3 heterocycles. The zero-order valence-electron chi connectivity index (χ0n) is 19.5. The first-order valence-electron chi connectivity index (χ1n) is 12.6. The van der Waals surface area contributed by atoms with Crippen molar-refractivity contribution in [2.24, 2.45) is 0 Å². The van der Waals surface area contributed by atoms with Crippen LogP contribution in [0.2, 0.25) is 0 Å². The maximum absolute atomic E-state index is 12.6. The second-order valence-corrected chi connectivity index (χ2v) is 10.1. The van der Waals surface area contributed by atoms with Crippen LogP contribution in [0.1, 0.15) is 54.4 Å². The van der Waals surface area contributed by atoms with Gasteiger partial charge in [0.2, 0.25) is 5.79 Å². The van der Waals surface area contributed by atoms with Crippen LogP contribution in [-0.4, -0.2) is 64.9 Å². The molecule has 1 aliphatic carbocycles. The first-order valence-corrected chi connectivity index (χ1v) is 12.6. The number of hydrogen-bond donors (Lipinski definition) is 2. The molecule has 34 heavy (non-hydrogen) atoms. The first kappa shape index (κ1) is 21.9. The number of rotatable bonds is 4. The third-order valence-electron chi connectivity index (χ3n) is 7.87. The van der Waals surface area contributed by atoms with E-state index in [9.17, 15) is 9.90 Å². The number of aliphatic hydroxyl groups excluding tert-OH is 1. The third-order valence-corrected chi connectivity index (χ3v) is 7.87. The highest BCUT2D eigenvalue weighted by Gasteiger charge is 2.42. The molecule has 0 aromatic heterocycles. The normalized spacial score (nSPS) is 24.4. The molecule has 2 N–H and O–H groups in total. The van der Waals surface area contributed by atoms with Crippen LogP contribution >= 0.6 is 0 Å². The number of likely N-dealkylation sites (tertiary alicyclic amines) is 2. The van der Waals surface area contributed by atoms with Gasteiger partial charge in [0.25, 0.3) is 5.91 Å². The van der Waals surface area contributed by atoms with Gasteiger partial charge in [0.1, 0.15) is 5.75 Å². The lowest BCUT2D eigenvalue weighted by atomic mass is 9.89. The molecule has 1 amide bonds. The SMILES string of the molecule is O=C(c1ccc(Nc2ccc3c(c2)COC2(CCN(C4CCC4)CC2)O3)cc1)N1CC[C@@H](O)C1. The van der Waals surface area contributed by atoms with Gasteiger partial charge in [-0.2, -0.15) is 0 Å². The lowest BCUT2D eigenvalue weighted by Gasteiger charge is -2.47. The quantitative estimate of drug-likeness (QED) is 0.717. The van der Waals surface area contributed by atoms with Gasteiger partial charge in [-0.05, 0) is 61.7 Å². The number of β-amino-alcohol motifs (C(OH)–C–C–N with tert-alkyl or cyclic N) is 1. The molecule has 1 spiro atoms. The molecule has 0 bridgehead atoms. The van der Waals surface area contributed by atoms with Gasteiger partial charge in [-0.25, -0.2) is 0 Å². The molecular formula is C27H33N3O4. The second kappa shape index (κ2) is 8.87. The highest BCUT2D eigenvalue weighted by atomic mass is 16.7. The van der Waals surface area contributed by atoms with E-state index < -0.39 is 11.9 Å². The Morgan fingerprint density at radius 3 is 2.44 bits per heavy atom. The standard InChI is InChI=1S/C27H33N3O4/c31-24-10-13-30(17-24)26(32)19-4-6-21(7-5-19)28-22-8-9-25-20(16-22)18-33-27(34-25)11-14-29(15-12-27)23-2-1-3-23/h4-9,16,23-24,28,31H,1-3,10-15,17-18H2/t24-/m1/s1. The van der Waals surface area contributed by atoms with Crippen LogP contribution in [0.3, 0.4) is 0 Å². The molecule has 180 valence electrons. The van der Waals surface area contributed by atoms with E-state index in [2.05, 4.69) is 16.3 Å². The summed E-state index contributed by atoms with van der Waals surface area (Å²) in [5, 5.41) is 13.1. The summed E-state index contributed by atoms with van der Waals surface area (Å²) in [6.07, 6.45) is 6.14. The van der Waals surface area contributed by atoms with Crippen molar-refractivity contribution in [3.8, 4) is 5.75 Å². The Morgan fingerprint density at radius 1 is 1.00 bits per heavy atom. The molecule has 6 rings (SSSR count). The number of piperidine rings is 1. The Bertz CT molecular complexity index is 1040. The Hall–Kier alpha value is -2.61. The van der Waals surface area contributed by atoms with E-state index in [4.69, 9.17) is 9.47 Å². The van der Waals surface area contributed by atoms with Crippen LogP contribution in [0.4, 0.5) is 11.4 Å². The van der Waals surface area contributed by atoms with Gasteiger partial charge < -0.3 is 24.8 Å². The molecule has 7 heteroatoms. The zero-order chi connectivity index (χ0) is 23.1. The van der Waals surface area contributed by atoms with E-state index in [1.165, 1.54) is 19.3 Å². The number of nitrogens with one attached hydrogen (secondary N) is 1. The maximum atomic E-state index is 12.6. The number of ether oxygens (including phenoxy) is 2. The molecule has 2 aromatic carbocycles. The first-order chi connectivity index (χ1) is 16.6. The number of amides is 1. The molecule has 4 aliphatic rings. The van der Waals surface area contributed by atoms with E-state index in [0.717, 1.165) is 54.7 Å². The topological polar surface area (TPSA) is 74.3 Å². The average Bonchev–Trinajstić information content (AvgIpc) is 3.26. The van der Waals surface area contributed by atoms with Crippen LogP contribution < -0.4 is 10.1 Å². The Kier molecular flexibility index (Phi) is 5.71. The van der Waals surface area contributed by atoms with Crippen molar-refractivity contribution >= 4 is 17.3 Å². The highest BCUT2D eigenvalue weighted by molar-refractivity contribution is 5.94. The van der Waals surface area contributed by atoms with Gasteiger partial charge >= 0.3 is 0 Å². The second-order valence-electron chi connectivity index (χ2n) is 10.1. The van der Waals surface area contributed by atoms with E-state index in [1.54, 1.807) is 4.90 Å². The Balaban J connectivity index is 1.07. The summed E-state index contributed by atoms with van der Waals surface area (Å²) in [7, 11) is 0. The van der Waals surface area contributed by atoms with Gasteiger partial charge in [0, 0.05) is 67.6 Å². The minimum atomic E-state index is -0.476. The van der Waals surface area contributed by atoms with Gasteiger partial charge in [0.05, 0.1) is 12.7 Å². The van der Waals surface area contributed by atoms with Gasteiger partial charge in [0.15, 0.2) is 0 Å². The minimum Gasteiger partial charge on any atom is -0.462 e. The predicted molar refractivity (Wildman–Crippen MR) is 129 cm³/mol. The summed E-state index contributed by atoms with van der Waals surface area (Å²) in [6.45, 7) is 3.69. The number of fused-ring (bicyclic) bond motifs is 1. The summed E-state index contributed by atoms with van der Waals surface area (Å²) in [4.78, 5) is 16.9.